The van der Waals surface area contributed by atoms with Gasteiger partial charge in [-0.25, -0.2) is 0 Å². The number of nitrogens with one attached hydrogen (secondary N) is 1. The Labute approximate surface area is 102 Å². The number of rotatable bonds is 5. The van der Waals surface area contributed by atoms with Crippen LogP contribution in [0.1, 0.15) is 40.5 Å². The third-order valence-corrected chi connectivity index (χ3v) is 4.30. The van der Waals surface area contributed by atoms with Gasteiger partial charge >= 0.3 is 0 Å². The van der Waals surface area contributed by atoms with Gasteiger partial charge in [0.25, 0.3) is 0 Å². The molecule has 2 heteroatoms. The molecule has 1 aliphatic rings. The molecule has 0 radical (unpaired) electrons. The Morgan fingerprint density at radius 2 is 2.06 bits per heavy atom. The molecule has 0 amide bonds. The van der Waals surface area contributed by atoms with Gasteiger partial charge in [-0.3, -0.25) is 0 Å². The zero-order valence-electron chi connectivity index (χ0n) is 11.8. The molecule has 1 heterocycles. The molecular weight excluding hydrogens is 196 g/mol. The quantitative estimate of drug-likeness (QED) is 0.775. The summed E-state index contributed by atoms with van der Waals surface area (Å²) in [5.74, 6) is 1.61. The van der Waals surface area contributed by atoms with E-state index in [2.05, 4.69) is 45.0 Å². The maximum atomic E-state index is 3.67. The molecule has 0 aromatic carbocycles. The van der Waals surface area contributed by atoms with Gasteiger partial charge in [0.2, 0.25) is 0 Å². The van der Waals surface area contributed by atoms with Crippen LogP contribution in [-0.4, -0.2) is 38.1 Å². The highest BCUT2D eigenvalue weighted by Gasteiger charge is 2.23. The standard InChI is InChI=1S/C14H30N2/c1-12(2)14(3,4)11-15-9-13-7-6-8-16(5)10-13/h12-13,15H,6-11H2,1-5H3. The van der Waals surface area contributed by atoms with E-state index in [-0.39, 0.29) is 0 Å². The normalized spacial score (nSPS) is 24.0. The molecule has 1 aliphatic heterocycles. The highest BCUT2D eigenvalue weighted by molar-refractivity contribution is 4.77. The van der Waals surface area contributed by atoms with Crippen LogP contribution >= 0.6 is 0 Å². The summed E-state index contributed by atoms with van der Waals surface area (Å²) >= 11 is 0. The zero-order chi connectivity index (χ0) is 12.2. The molecule has 1 rings (SSSR count). The summed E-state index contributed by atoms with van der Waals surface area (Å²) in [6.45, 7) is 14.2. The van der Waals surface area contributed by atoms with Crippen LogP contribution in [-0.2, 0) is 0 Å². The van der Waals surface area contributed by atoms with Gasteiger partial charge in [-0.2, -0.15) is 0 Å². The molecule has 1 N–H and O–H groups in total. The fourth-order valence-corrected chi connectivity index (χ4v) is 2.24. The number of hydrogen-bond donors (Lipinski definition) is 1. The minimum absolute atomic E-state index is 0.417. The van der Waals surface area contributed by atoms with E-state index in [1.54, 1.807) is 0 Å². The van der Waals surface area contributed by atoms with Gasteiger partial charge in [-0.05, 0) is 50.2 Å². The molecule has 1 atom stereocenters. The van der Waals surface area contributed by atoms with Crippen molar-refractivity contribution in [1.29, 1.82) is 0 Å². The fraction of sp³-hybridized carbons (Fsp3) is 1.00. The van der Waals surface area contributed by atoms with Crippen molar-refractivity contribution in [2.75, 3.05) is 33.2 Å². The van der Waals surface area contributed by atoms with Crippen LogP contribution in [0.2, 0.25) is 0 Å². The summed E-state index contributed by atoms with van der Waals surface area (Å²) in [5.41, 5.74) is 0.417. The Bertz CT molecular complexity index is 199. The Morgan fingerprint density at radius 1 is 1.38 bits per heavy atom. The molecule has 2 nitrogen and oxygen atoms in total. The Hall–Kier alpha value is -0.0800. The van der Waals surface area contributed by atoms with Gasteiger partial charge in [-0.1, -0.05) is 27.7 Å². The maximum absolute atomic E-state index is 3.67. The van der Waals surface area contributed by atoms with E-state index in [0.717, 1.165) is 18.4 Å². The van der Waals surface area contributed by atoms with E-state index in [0.29, 0.717) is 5.41 Å². The number of hydrogen-bond acceptors (Lipinski definition) is 2. The summed E-state index contributed by atoms with van der Waals surface area (Å²) < 4.78 is 0. The Kier molecular flexibility index (Phi) is 5.26. The van der Waals surface area contributed by atoms with Crippen molar-refractivity contribution < 1.29 is 0 Å². The minimum Gasteiger partial charge on any atom is -0.316 e. The third kappa shape index (κ3) is 4.42. The predicted octanol–water partition coefficient (Wildman–Crippen LogP) is 2.60. The summed E-state index contributed by atoms with van der Waals surface area (Å²) in [6, 6.07) is 0. The van der Waals surface area contributed by atoms with E-state index in [1.807, 2.05) is 0 Å². The summed E-state index contributed by atoms with van der Waals surface area (Å²) in [7, 11) is 2.24. The molecule has 96 valence electrons. The Morgan fingerprint density at radius 3 is 2.62 bits per heavy atom. The van der Waals surface area contributed by atoms with E-state index in [4.69, 9.17) is 0 Å². The largest absolute Gasteiger partial charge is 0.316 e. The van der Waals surface area contributed by atoms with Gasteiger partial charge in [0.1, 0.15) is 0 Å². The molecule has 0 bridgehead atoms. The number of nitrogens with zero attached hydrogens (tertiary/aromatic N) is 1. The molecule has 0 saturated carbocycles. The van der Waals surface area contributed by atoms with Crippen molar-refractivity contribution in [3.63, 3.8) is 0 Å². The monoisotopic (exact) mass is 226 g/mol. The van der Waals surface area contributed by atoms with Crippen molar-refractivity contribution in [1.82, 2.24) is 10.2 Å². The minimum atomic E-state index is 0.417. The van der Waals surface area contributed by atoms with Crippen LogP contribution < -0.4 is 5.32 Å². The SMILES string of the molecule is CC(C)C(C)(C)CNCC1CCCN(C)C1. The lowest BCUT2D eigenvalue weighted by Crippen LogP contribution is -2.40. The fourth-order valence-electron chi connectivity index (χ4n) is 2.24. The molecule has 1 saturated heterocycles. The first kappa shape index (κ1) is 14.0. The van der Waals surface area contributed by atoms with Crippen LogP contribution in [0.4, 0.5) is 0 Å². The first-order valence-corrected chi connectivity index (χ1v) is 6.81. The smallest absolute Gasteiger partial charge is 0.00187 e. The molecule has 1 fully saturated rings. The molecule has 0 aromatic rings. The van der Waals surface area contributed by atoms with Gasteiger partial charge in [-0.15, -0.1) is 0 Å². The maximum Gasteiger partial charge on any atom is 0.00187 e. The van der Waals surface area contributed by atoms with E-state index < -0.39 is 0 Å². The van der Waals surface area contributed by atoms with Crippen LogP contribution in [0, 0.1) is 17.3 Å². The molecular formula is C14H30N2. The first-order valence-electron chi connectivity index (χ1n) is 6.81. The second-order valence-electron chi connectivity index (χ2n) is 6.54. The predicted molar refractivity (Wildman–Crippen MR) is 71.7 cm³/mol. The van der Waals surface area contributed by atoms with Gasteiger partial charge < -0.3 is 10.2 Å². The first-order chi connectivity index (χ1) is 7.42. The lowest BCUT2D eigenvalue weighted by atomic mass is 9.81. The van der Waals surface area contributed by atoms with E-state index >= 15 is 0 Å². The van der Waals surface area contributed by atoms with Crippen molar-refractivity contribution in [2.45, 2.75) is 40.5 Å². The Balaban J connectivity index is 2.20. The second kappa shape index (κ2) is 6.02. The average Bonchev–Trinajstić information content (AvgIpc) is 2.17. The van der Waals surface area contributed by atoms with Crippen molar-refractivity contribution in [3.05, 3.63) is 0 Å². The molecule has 0 spiro atoms. The lowest BCUT2D eigenvalue weighted by molar-refractivity contribution is 0.190. The van der Waals surface area contributed by atoms with Crippen molar-refractivity contribution in [2.24, 2.45) is 17.3 Å². The van der Waals surface area contributed by atoms with Crippen LogP contribution in [0.3, 0.4) is 0 Å². The highest BCUT2D eigenvalue weighted by atomic mass is 15.1. The number of likely N-dealkylation sites (tertiary alicyclic amines) is 1. The van der Waals surface area contributed by atoms with Crippen molar-refractivity contribution in [3.8, 4) is 0 Å². The zero-order valence-corrected chi connectivity index (χ0v) is 11.8. The van der Waals surface area contributed by atoms with Gasteiger partial charge in [0.15, 0.2) is 0 Å². The molecule has 0 aliphatic carbocycles. The summed E-state index contributed by atoms with van der Waals surface area (Å²) in [6.07, 6.45) is 2.77. The molecule has 1 unspecified atom stereocenters. The highest BCUT2D eigenvalue weighted by Crippen LogP contribution is 2.24. The number of piperidine rings is 1. The second-order valence-corrected chi connectivity index (χ2v) is 6.54. The van der Waals surface area contributed by atoms with E-state index in [9.17, 15) is 0 Å². The average molecular weight is 226 g/mol. The van der Waals surface area contributed by atoms with Gasteiger partial charge in [0.05, 0.1) is 0 Å². The molecule has 16 heavy (non-hydrogen) atoms. The topological polar surface area (TPSA) is 15.3 Å². The van der Waals surface area contributed by atoms with Crippen LogP contribution in [0.25, 0.3) is 0 Å². The van der Waals surface area contributed by atoms with Gasteiger partial charge in [0, 0.05) is 13.1 Å². The van der Waals surface area contributed by atoms with E-state index in [1.165, 1.54) is 32.5 Å². The third-order valence-electron chi connectivity index (χ3n) is 4.30. The molecule has 0 aromatic heterocycles. The lowest BCUT2D eigenvalue weighted by Gasteiger charge is -2.33. The summed E-state index contributed by atoms with van der Waals surface area (Å²) in [4.78, 5) is 2.46. The van der Waals surface area contributed by atoms with Crippen molar-refractivity contribution >= 4 is 0 Å². The van der Waals surface area contributed by atoms with Crippen LogP contribution in [0.15, 0.2) is 0 Å². The van der Waals surface area contributed by atoms with Crippen LogP contribution in [0.5, 0.6) is 0 Å². The summed E-state index contributed by atoms with van der Waals surface area (Å²) in [5, 5.41) is 3.67.